The van der Waals surface area contributed by atoms with Gasteiger partial charge in [-0.2, -0.15) is 18.3 Å². The Morgan fingerprint density at radius 2 is 1.90 bits per heavy atom. The summed E-state index contributed by atoms with van der Waals surface area (Å²) < 4.78 is 62.8. The van der Waals surface area contributed by atoms with Crippen molar-refractivity contribution in [2.45, 2.75) is 6.18 Å². The Kier molecular flexibility index (Phi) is 5.62. The van der Waals surface area contributed by atoms with Gasteiger partial charge >= 0.3 is 6.18 Å². The molecule has 9 nitrogen and oxygen atoms in total. The summed E-state index contributed by atoms with van der Waals surface area (Å²) in [6.07, 6.45) is -3.82. The number of hydrogen-bond donors (Lipinski definition) is 2. The molecule has 0 unspecified atom stereocenters. The third-order valence-electron chi connectivity index (χ3n) is 3.55. The van der Waals surface area contributed by atoms with Crippen LogP contribution in [0.15, 0.2) is 41.3 Å². The second-order valence-corrected chi connectivity index (χ2v) is 5.63. The Morgan fingerprint density at radius 3 is 2.57 bits per heavy atom. The van der Waals surface area contributed by atoms with Gasteiger partial charge in [0.15, 0.2) is 17.2 Å². The molecule has 0 aliphatic heterocycles. The quantitative estimate of drug-likeness (QED) is 0.604. The van der Waals surface area contributed by atoms with E-state index >= 15 is 0 Å². The molecule has 1 aromatic carbocycles. The second-order valence-electron chi connectivity index (χ2n) is 5.63. The SMILES string of the molecule is COc1cc(F)ccc1Oc1nnc(C(F)(F)F)cc1C(=O)Nc1cn[nH]c(=O)c1. The molecule has 2 heterocycles. The van der Waals surface area contributed by atoms with E-state index in [9.17, 15) is 27.2 Å². The molecule has 0 atom stereocenters. The van der Waals surface area contributed by atoms with Gasteiger partial charge < -0.3 is 14.8 Å². The highest BCUT2D eigenvalue weighted by Crippen LogP contribution is 2.34. The molecule has 13 heteroatoms. The standard InChI is InChI=1S/C17H11F4N5O4/c1-29-12-4-8(18)2-3-11(12)30-16-10(6-13(24-26-16)17(19,20)21)15(28)23-9-5-14(27)25-22-7-9/h2-7H,1H3,(H2,23,25,27,28). The highest BCUT2D eigenvalue weighted by atomic mass is 19.4. The van der Waals surface area contributed by atoms with Crippen LogP contribution in [-0.2, 0) is 6.18 Å². The summed E-state index contributed by atoms with van der Waals surface area (Å²) in [6, 6.07) is 4.50. The van der Waals surface area contributed by atoms with Gasteiger partial charge in [0.2, 0.25) is 0 Å². The molecule has 0 bridgehead atoms. The van der Waals surface area contributed by atoms with Crippen molar-refractivity contribution in [3.05, 3.63) is 64.0 Å². The fourth-order valence-corrected chi connectivity index (χ4v) is 2.23. The zero-order valence-corrected chi connectivity index (χ0v) is 15.0. The van der Waals surface area contributed by atoms with Gasteiger partial charge in [-0.25, -0.2) is 9.49 Å². The number of nitrogens with one attached hydrogen (secondary N) is 2. The molecule has 0 aliphatic carbocycles. The summed E-state index contributed by atoms with van der Waals surface area (Å²) in [4.78, 5) is 23.9. The van der Waals surface area contributed by atoms with E-state index in [0.29, 0.717) is 6.07 Å². The minimum absolute atomic E-state index is 0.0839. The van der Waals surface area contributed by atoms with Crippen molar-refractivity contribution in [3.8, 4) is 17.4 Å². The molecule has 2 aromatic heterocycles. The largest absolute Gasteiger partial charge is 0.493 e. The van der Waals surface area contributed by atoms with Gasteiger partial charge in [0.25, 0.3) is 17.3 Å². The molecule has 1 amide bonds. The van der Waals surface area contributed by atoms with E-state index in [0.717, 1.165) is 30.5 Å². The first-order valence-corrected chi connectivity index (χ1v) is 8.00. The minimum Gasteiger partial charge on any atom is -0.493 e. The summed E-state index contributed by atoms with van der Waals surface area (Å²) in [7, 11) is 1.22. The zero-order valence-electron chi connectivity index (χ0n) is 15.0. The summed E-state index contributed by atoms with van der Waals surface area (Å²) in [5.74, 6) is -2.57. The number of carbonyl (C=O) groups excluding carboxylic acids is 1. The van der Waals surface area contributed by atoms with Crippen molar-refractivity contribution in [1.82, 2.24) is 20.4 Å². The van der Waals surface area contributed by atoms with Crippen molar-refractivity contribution in [2.75, 3.05) is 12.4 Å². The molecule has 2 N–H and O–H groups in total. The zero-order chi connectivity index (χ0) is 21.9. The van der Waals surface area contributed by atoms with E-state index < -0.39 is 40.6 Å². The lowest BCUT2D eigenvalue weighted by Crippen LogP contribution is -2.19. The molecule has 0 saturated heterocycles. The summed E-state index contributed by atoms with van der Waals surface area (Å²) in [5, 5.41) is 14.1. The normalized spacial score (nSPS) is 11.1. The molecular formula is C17H11F4N5O4. The van der Waals surface area contributed by atoms with Gasteiger partial charge in [-0.1, -0.05) is 0 Å². The van der Waals surface area contributed by atoms with Crippen LogP contribution < -0.4 is 20.3 Å². The van der Waals surface area contributed by atoms with Crippen molar-refractivity contribution in [1.29, 1.82) is 0 Å². The van der Waals surface area contributed by atoms with Crippen molar-refractivity contribution in [2.24, 2.45) is 0 Å². The van der Waals surface area contributed by atoms with Crippen molar-refractivity contribution < 1.29 is 31.8 Å². The lowest BCUT2D eigenvalue weighted by molar-refractivity contribution is -0.141. The van der Waals surface area contributed by atoms with E-state index in [1.54, 1.807) is 0 Å². The fraction of sp³-hybridized carbons (Fsp3) is 0.118. The van der Waals surface area contributed by atoms with E-state index in [-0.39, 0.29) is 17.2 Å². The molecule has 0 spiro atoms. The molecule has 156 valence electrons. The predicted molar refractivity (Wildman–Crippen MR) is 92.9 cm³/mol. The average molecular weight is 425 g/mol. The molecule has 0 radical (unpaired) electrons. The maximum atomic E-state index is 13.4. The van der Waals surface area contributed by atoms with Crippen LogP contribution in [0.1, 0.15) is 16.1 Å². The van der Waals surface area contributed by atoms with Crippen LogP contribution >= 0.6 is 0 Å². The van der Waals surface area contributed by atoms with Crippen LogP contribution in [0, 0.1) is 5.82 Å². The van der Waals surface area contributed by atoms with Gasteiger partial charge in [-0.15, -0.1) is 10.2 Å². The van der Waals surface area contributed by atoms with E-state index in [1.807, 2.05) is 0 Å². The third-order valence-corrected chi connectivity index (χ3v) is 3.55. The average Bonchev–Trinajstić information content (AvgIpc) is 2.68. The number of ether oxygens (including phenoxy) is 2. The molecule has 3 aromatic rings. The molecule has 0 fully saturated rings. The number of aromatic amines is 1. The summed E-state index contributed by atoms with van der Waals surface area (Å²) in [6.45, 7) is 0. The van der Waals surface area contributed by atoms with Gasteiger partial charge in [-0.05, 0) is 18.2 Å². The van der Waals surface area contributed by atoms with Crippen LogP contribution in [0.4, 0.5) is 23.2 Å². The van der Waals surface area contributed by atoms with Crippen LogP contribution in [0.5, 0.6) is 17.4 Å². The lowest BCUT2D eigenvalue weighted by Gasteiger charge is -2.14. The number of alkyl halides is 3. The summed E-state index contributed by atoms with van der Waals surface area (Å²) >= 11 is 0. The topological polar surface area (TPSA) is 119 Å². The van der Waals surface area contributed by atoms with Crippen LogP contribution in [0.25, 0.3) is 0 Å². The van der Waals surface area contributed by atoms with Crippen molar-refractivity contribution in [3.63, 3.8) is 0 Å². The lowest BCUT2D eigenvalue weighted by atomic mass is 10.2. The number of methoxy groups -OCH3 is 1. The number of anilines is 1. The number of benzene rings is 1. The van der Waals surface area contributed by atoms with Crippen LogP contribution in [0.2, 0.25) is 0 Å². The number of nitrogens with zero attached hydrogens (tertiary/aromatic N) is 3. The van der Waals surface area contributed by atoms with Gasteiger partial charge in [0, 0.05) is 12.1 Å². The maximum absolute atomic E-state index is 13.4. The first kappa shape index (κ1) is 20.7. The number of aromatic nitrogens is 4. The number of H-pyrrole nitrogens is 1. The van der Waals surface area contributed by atoms with Crippen LogP contribution in [0.3, 0.4) is 0 Å². The number of amides is 1. The number of halogens is 4. The Bertz CT molecular complexity index is 1150. The van der Waals surface area contributed by atoms with Crippen LogP contribution in [-0.4, -0.2) is 33.4 Å². The Balaban J connectivity index is 2.02. The molecule has 0 saturated carbocycles. The summed E-state index contributed by atoms with van der Waals surface area (Å²) in [5.41, 5.74) is -2.83. The third kappa shape index (κ3) is 4.68. The first-order chi connectivity index (χ1) is 14.2. The van der Waals surface area contributed by atoms with E-state index in [2.05, 4.69) is 25.7 Å². The number of carbonyl (C=O) groups is 1. The highest BCUT2D eigenvalue weighted by molar-refractivity contribution is 6.05. The molecular weight excluding hydrogens is 414 g/mol. The first-order valence-electron chi connectivity index (χ1n) is 8.00. The Morgan fingerprint density at radius 1 is 1.13 bits per heavy atom. The second kappa shape index (κ2) is 8.14. The minimum atomic E-state index is -4.89. The number of hydrogen-bond acceptors (Lipinski definition) is 7. The number of rotatable bonds is 5. The van der Waals surface area contributed by atoms with Gasteiger partial charge in [-0.3, -0.25) is 9.59 Å². The van der Waals surface area contributed by atoms with E-state index in [4.69, 9.17) is 9.47 Å². The Labute approximate surface area is 164 Å². The smallest absolute Gasteiger partial charge is 0.435 e. The molecule has 0 aliphatic rings. The Hall–Kier alpha value is -4.03. The monoisotopic (exact) mass is 425 g/mol. The highest BCUT2D eigenvalue weighted by Gasteiger charge is 2.35. The fourth-order valence-electron chi connectivity index (χ4n) is 2.23. The van der Waals surface area contributed by atoms with Gasteiger partial charge in [0.1, 0.15) is 11.4 Å². The maximum Gasteiger partial charge on any atom is 0.435 e. The van der Waals surface area contributed by atoms with Gasteiger partial charge in [0.05, 0.1) is 19.0 Å². The van der Waals surface area contributed by atoms with E-state index in [1.165, 1.54) is 7.11 Å². The van der Waals surface area contributed by atoms with Crippen molar-refractivity contribution >= 4 is 11.6 Å². The molecule has 30 heavy (non-hydrogen) atoms. The molecule has 3 rings (SSSR count). The predicted octanol–water partition coefficient (Wildman–Crippen LogP) is 2.77.